The molecule has 2 aromatic rings. The second-order valence-corrected chi connectivity index (χ2v) is 6.60. The maximum absolute atomic E-state index is 12.2. The van der Waals surface area contributed by atoms with Crippen LogP contribution in [0.2, 0.25) is 0 Å². The van der Waals surface area contributed by atoms with E-state index >= 15 is 0 Å². The highest BCUT2D eigenvalue weighted by Gasteiger charge is 2.22. The molecule has 0 aromatic carbocycles. The summed E-state index contributed by atoms with van der Waals surface area (Å²) in [5, 5.41) is 16.3. The molecule has 3 rings (SSSR count). The van der Waals surface area contributed by atoms with Gasteiger partial charge in [-0.3, -0.25) is 4.79 Å². The van der Waals surface area contributed by atoms with Crippen LogP contribution in [-0.4, -0.2) is 26.5 Å². The lowest BCUT2D eigenvalue weighted by molar-refractivity contribution is 0.0954. The molecule has 0 saturated carbocycles. The molecule has 112 valence electrons. The van der Waals surface area contributed by atoms with E-state index in [2.05, 4.69) is 38.9 Å². The monoisotopic (exact) mass is 305 g/mol. The van der Waals surface area contributed by atoms with Crippen molar-refractivity contribution >= 4 is 17.2 Å². The fourth-order valence-corrected chi connectivity index (χ4v) is 3.99. The number of tetrazole rings is 1. The molecular formula is C14H19N5OS. The molecule has 2 heterocycles. The molecule has 2 N–H and O–H groups in total. The summed E-state index contributed by atoms with van der Waals surface area (Å²) in [4.78, 5) is 14.4. The summed E-state index contributed by atoms with van der Waals surface area (Å²) >= 11 is 1.62. The van der Waals surface area contributed by atoms with Gasteiger partial charge in [-0.05, 0) is 36.8 Å². The van der Waals surface area contributed by atoms with Gasteiger partial charge < -0.3 is 5.32 Å². The maximum atomic E-state index is 12.2. The Morgan fingerprint density at radius 2 is 2.48 bits per heavy atom. The van der Waals surface area contributed by atoms with Gasteiger partial charge in [-0.25, -0.2) is 0 Å². The van der Waals surface area contributed by atoms with Crippen molar-refractivity contribution in [1.29, 1.82) is 0 Å². The number of rotatable bonds is 5. The first-order chi connectivity index (χ1) is 10.3. The standard InChI is InChI=1S/C14H19N5OS/c1-2-3-9-4-5-11-10(6-9)7-12(21-11)14(20)15-8-13-16-18-19-17-13/h7,9H,2-6,8H2,1H3,(H,15,20)(H,16,17,18,19)/t9-/m0/s1. The molecule has 0 unspecified atom stereocenters. The summed E-state index contributed by atoms with van der Waals surface area (Å²) in [6, 6.07) is 2.06. The molecule has 6 nitrogen and oxygen atoms in total. The average molecular weight is 305 g/mol. The number of hydrogen-bond acceptors (Lipinski definition) is 5. The van der Waals surface area contributed by atoms with Crippen LogP contribution in [0.15, 0.2) is 6.07 Å². The molecule has 0 aliphatic heterocycles. The number of nitrogens with zero attached hydrogens (tertiary/aromatic N) is 3. The van der Waals surface area contributed by atoms with Gasteiger partial charge in [-0.15, -0.1) is 21.5 Å². The molecule has 0 fully saturated rings. The van der Waals surface area contributed by atoms with Gasteiger partial charge in [0, 0.05) is 4.88 Å². The van der Waals surface area contributed by atoms with Gasteiger partial charge in [0.05, 0.1) is 11.4 Å². The third kappa shape index (κ3) is 3.29. The van der Waals surface area contributed by atoms with Crippen LogP contribution < -0.4 is 5.32 Å². The second-order valence-electron chi connectivity index (χ2n) is 5.47. The molecule has 1 atom stereocenters. The highest BCUT2D eigenvalue weighted by atomic mass is 32.1. The van der Waals surface area contributed by atoms with Gasteiger partial charge in [0.25, 0.3) is 5.91 Å². The van der Waals surface area contributed by atoms with Crippen molar-refractivity contribution in [3.8, 4) is 0 Å². The number of nitrogens with one attached hydrogen (secondary N) is 2. The third-order valence-corrected chi connectivity index (χ3v) is 5.14. The van der Waals surface area contributed by atoms with E-state index in [-0.39, 0.29) is 5.91 Å². The quantitative estimate of drug-likeness (QED) is 0.886. The Morgan fingerprint density at radius 1 is 1.57 bits per heavy atom. The normalized spacial score (nSPS) is 17.5. The van der Waals surface area contributed by atoms with E-state index < -0.39 is 0 Å². The number of H-pyrrole nitrogens is 1. The van der Waals surface area contributed by atoms with Gasteiger partial charge in [-0.2, -0.15) is 5.21 Å². The van der Waals surface area contributed by atoms with Crippen molar-refractivity contribution in [2.75, 3.05) is 0 Å². The number of aromatic nitrogens is 4. The highest BCUT2D eigenvalue weighted by Crippen LogP contribution is 2.34. The highest BCUT2D eigenvalue weighted by molar-refractivity contribution is 7.14. The summed E-state index contributed by atoms with van der Waals surface area (Å²) in [7, 11) is 0. The lowest BCUT2D eigenvalue weighted by Crippen LogP contribution is -2.22. The largest absolute Gasteiger partial charge is 0.344 e. The number of amides is 1. The zero-order valence-electron chi connectivity index (χ0n) is 12.1. The van der Waals surface area contributed by atoms with Crippen molar-refractivity contribution in [2.24, 2.45) is 5.92 Å². The van der Waals surface area contributed by atoms with E-state index in [9.17, 15) is 4.79 Å². The third-order valence-electron chi connectivity index (χ3n) is 3.90. The minimum atomic E-state index is -0.0498. The van der Waals surface area contributed by atoms with E-state index in [0.29, 0.717) is 12.4 Å². The van der Waals surface area contributed by atoms with Crippen LogP contribution in [0.1, 0.15) is 52.1 Å². The Morgan fingerprint density at radius 3 is 3.24 bits per heavy atom. The minimum Gasteiger partial charge on any atom is -0.344 e. The topological polar surface area (TPSA) is 83.6 Å². The lowest BCUT2D eigenvalue weighted by Gasteiger charge is -2.21. The van der Waals surface area contributed by atoms with Crippen LogP contribution in [0.4, 0.5) is 0 Å². The van der Waals surface area contributed by atoms with Crippen molar-refractivity contribution in [3.63, 3.8) is 0 Å². The van der Waals surface area contributed by atoms with E-state index in [4.69, 9.17) is 0 Å². The van der Waals surface area contributed by atoms with Crippen LogP contribution in [0.3, 0.4) is 0 Å². The first-order valence-corrected chi connectivity index (χ1v) is 8.20. The SMILES string of the molecule is CCC[C@H]1CCc2sc(C(=O)NCc3nn[nH]n3)cc2C1. The van der Waals surface area contributed by atoms with Gasteiger partial charge in [0.2, 0.25) is 0 Å². The van der Waals surface area contributed by atoms with Gasteiger partial charge >= 0.3 is 0 Å². The molecule has 0 saturated heterocycles. The Kier molecular flexibility index (Phi) is 4.28. The first-order valence-electron chi connectivity index (χ1n) is 7.38. The molecule has 21 heavy (non-hydrogen) atoms. The fourth-order valence-electron chi connectivity index (χ4n) is 2.87. The Balaban J connectivity index is 1.63. The summed E-state index contributed by atoms with van der Waals surface area (Å²) in [6.45, 7) is 2.54. The molecule has 7 heteroatoms. The number of aryl methyl sites for hydroxylation is 1. The molecule has 1 aliphatic rings. The Labute approximate surface area is 127 Å². The number of hydrogen-bond donors (Lipinski definition) is 2. The fraction of sp³-hybridized carbons (Fsp3) is 0.571. The van der Waals surface area contributed by atoms with Crippen molar-refractivity contribution in [3.05, 3.63) is 27.2 Å². The van der Waals surface area contributed by atoms with Gasteiger partial charge in [0.15, 0.2) is 5.82 Å². The lowest BCUT2D eigenvalue weighted by atomic mass is 9.85. The zero-order chi connectivity index (χ0) is 14.7. The summed E-state index contributed by atoms with van der Waals surface area (Å²) in [6.07, 6.45) is 6.02. The van der Waals surface area contributed by atoms with Crippen LogP contribution in [0.5, 0.6) is 0 Å². The van der Waals surface area contributed by atoms with E-state index in [1.807, 2.05) is 0 Å². The smallest absolute Gasteiger partial charge is 0.261 e. The number of aromatic amines is 1. The van der Waals surface area contributed by atoms with Crippen LogP contribution in [-0.2, 0) is 19.4 Å². The van der Waals surface area contributed by atoms with E-state index in [1.165, 1.54) is 29.7 Å². The Bertz CT molecular complexity index is 607. The summed E-state index contributed by atoms with van der Waals surface area (Å²) in [5.74, 6) is 1.23. The molecule has 2 aromatic heterocycles. The predicted octanol–water partition coefficient (Wildman–Crippen LogP) is 2.10. The number of thiophene rings is 1. The van der Waals surface area contributed by atoms with Crippen LogP contribution in [0, 0.1) is 5.92 Å². The van der Waals surface area contributed by atoms with Crippen molar-refractivity contribution in [1.82, 2.24) is 25.9 Å². The van der Waals surface area contributed by atoms with E-state index in [1.54, 1.807) is 11.3 Å². The first kappa shape index (κ1) is 14.2. The number of carbonyl (C=O) groups is 1. The van der Waals surface area contributed by atoms with Crippen molar-refractivity contribution < 1.29 is 4.79 Å². The second kappa shape index (κ2) is 6.34. The van der Waals surface area contributed by atoms with Crippen LogP contribution in [0.25, 0.3) is 0 Å². The molecule has 0 spiro atoms. The molecule has 0 radical (unpaired) electrons. The summed E-state index contributed by atoms with van der Waals surface area (Å²) < 4.78 is 0. The van der Waals surface area contributed by atoms with Gasteiger partial charge in [-0.1, -0.05) is 25.0 Å². The minimum absolute atomic E-state index is 0.0498. The van der Waals surface area contributed by atoms with Crippen molar-refractivity contribution in [2.45, 2.75) is 45.6 Å². The van der Waals surface area contributed by atoms with E-state index in [0.717, 1.165) is 23.6 Å². The molecular weight excluding hydrogens is 286 g/mol. The maximum Gasteiger partial charge on any atom is 0.261 e. The molecule has 0 bridgehead atoms. The molecule has 1 aliphatic carbocycles. The van der Waals surface area contributed by atoms with Gasteiger partial charge in [0.1, 0.15) is 0 Å². The summed E-state index contributed by atoms with van der Waals surface area (Å²) in [5.41, 5.74) is 1.37. The number of carbonyl (C=O) groups excluding carboxylic acids is 1. The average Bonchev–Trinajstić information content (AvgIpc) is 3.13. The predicted molar refractivity (Wildman–Crippen MR) is 80.1 cm³/mol. The number of fused-ring (bicyclic) bond motifs is 1. The Hall–Kier alpha value is -1.76. The van der Waals surface area contributed by atoms with Crippen LogP contribution >= 0.6 is 11.3 Å². The molecule has 1 amide bonds. The zero-order valence-corrected chi connectivity index (χ0v) is 12.9.